The molecule has 0 radical (unpaired) electrons. The Kier molecular flexibility index (Phi) is 5.23. The molecular formula is C15H26N2O2. The van der Waals surface area contributed by atoms with Crippen LogP contribution in [0.5, 0.6) is 0 Å². The molecule has 0 aromatic carbocycles. The van der Waals surface area contributed by atoms with Crippen molar-refractivity contribution in [2.75, 3.05) is 13.1 Å². The van der Waals surface area contributed by atoms with Crippen LogP contribution in [0, 0.1) is 5.92 Å². The van der Waals surface area contributed by atoms with E-state index in [4.69, 9.17) is 0 Å². The summed E-state index contributed by atoms with van der Waals surface area (Å²) in [6, 6.07) is -0.196. The number of carbonyl (C=O) groups excluding carboxylic acids is 2. The molecule has 1 unspecified atom stereocenters. The van der Waals surface area contributed by atoms with E-state index in [1.54, 1.807) is 0 Å². The standard InChI is InChI=1S/C15H26N2O2/c1-2-3-7-10-17-13(18)11-16-15(19)14(17)12-8-5-4-6-9-12/h12,14H,2-11H2,1H3,(H,16,19). The van der Waals surface area contributed by atoms with Crippen molar-refractivity contribution in [2.24, 2.45) is 5.92 Å². The van der Waals surface area contributed by atoms with Gasteiger partial charge in [-0.15, -0.1) is 0 Å². The molecule has 2 rings (SSSR count). The molecule has 1 atom stereocenters. The average Bonchev–Trinajstić information content (AvgIpc) is 2.44. The lowest BCUT2D eigenvalue weighted by atomic mass is 9.82. The van der Waals surface area contributed by atoms with Crippen molar-refractivity contribution in [3.05, 3.63) is 0 Å². The van der Waals surface area contributed by atoms with E-state index in [0.29, 0.717) is 5.92 Å². The highest BCUT2D eigenvalue weighted by atomic mass is 16.2. The Morgan fingerprint density at radius 3 is 2.58 bits per heavy atom. The smallest absolute Gasteiger partial charge is 0.243 e. The number of rotatable bonds is 5. The molecule has 1 aliphatic carbocycles. The second-order valence-electron chi connectivity index (χ2n) is 5.85. The minimum atomic E-state index is -0.196. The summed E-state index contributed by atoms with van der Waals surface area (Å²) in [5.74, 6) is 0.550. The predicted molar refractivity (Wildman–Crippen MR) is 74.6 cm³/mol. The topological polar surface area (TPSA) is 49.4 Å². The number of nitrogens with zero attached hydrogens (tertiary/aromatic N) is 1. The van der Waals surface area contributed by atoms with Crippen molar-refractivity contribution in [3.8, 4) is 0 Å². The van der Waals surface area contributed by atoms with E-state index in [0.717, 1.165) is 38.6 Å². The molecule has 1 saturated carbocycles. The number of hydrogen-bond acceptors (Lipinski definition) is 2. The molecule has 0 spiro atoms. The van der Waals surface area contributed by atoms with Gasteiger partial charge in [0.25, 0.3) is 0 Å². The number of amides is 2. The lowest BCUT2D eigenvalue weighted by Gasteiger charge is -2.40. The predicted octanol–water partition coefficient (Wildman–Crippen LogP) is 2.08. The minimum absolute atomic E-state index is 0.0722. The second-order valence-corrected chi connectivity index (χ2v) is 5.85. The maximum Gasteiger partial charge on any atom is 0.243 e. The molecule has 4 nitrogen and oxygen atoms in total. The largest absolute Gasteiger partial charge is 0.345 e. The van der Waals surface area contributed by atoms with Crippen LogP contribution < -0.4 is 5.32 Å². The molecule has 2 amide bonds. The average molecular weight is 266 g/mol. The van der Waals surface area contributed by atoms with Crippen LogP contribution in [0.15, 0.2) is 0 Å². The van der Waals surface area contributed by atoms with Gasteiger partial charge in [0.2, 0.25) is 11.8 Å². The van der Waals surface area contributed by atoms with Gasteiger partial charge in [-0.2, -0.15) is 0 Å². The van der Waals surface area contributed by atoms with Crippen LogP contribution >= 0.6 is 0 Å². The summed E-state index contributed by atoms with van der Waals surface area (Å²) in [7, 11) is 0. The van der Waals surface area contributed by atoms with E-state index in [9.17, 15) is 9.59 Å². The van der Waals surface area contributed by atoms with Gasteiger partial charge >= 0.3 is 0 Å². The number of piperazine rings is 1. The van der Waals surface area contributed by atoms with Crippen molar-refractivity contribution in [2.45, 2.75) is 64.3 Å². The monoisotopic (exact) mass is 266 g/mol. The summed E-state index contributed by atoms with van der Waals surface area (Å²) in [4.78, 5) is 26.1. The third kappa shape index (κ3) is 3.48. The van der Waals surface area contributed by atoms with Crippen molar-refractivity contribution >= 4 is 11.8 Å². The maximum atomic E-state index is 12.2. The second kappa shape index (κ2) is 6.92. The molecule has 1 N–H and O–H groups in total. The van der Waals surface area contributed by atoms with Crippen LogP contribution in [0.4, 0.5) is 0 Å². The molecule has 1 saturated heterocycles. The van der Waals surface area contributed by atoms with Gasteiger partial charge in [0.1, 0.15) is 6.04 Å². The Morgan fingerprint density at radius 1 is 1.16 bits per heavy atom. The first kappa shape index (κ1) is 14.4. The van der Waals surface area contributed by atoms with Crippen LogP contribution in [0.3, 0.4) is 0 Å². The van der Waals surface area contributed by atoms with Crippen LogP contribution in [0.1, 0.15) is 58.3 Å². The number of carbonyl (C=O) groups is 2. The summed E-state index contributed by atoms with van der Waals surface area (Å²) >= 11 is 0. The Labute approximate surface area is 115 Å². The molecule has 1 aliphatic heterocycles. The Morgan fingerprint density at radius 2 is 1.89 bits per heavy atom. The molecule has 19 heavy (non-hydrogen) atoms. The van der Waals surface area contributed by atoms with Crippen LogP contribution in [-0.4, -0.2) is 35.8 Å². The van der Waals surface area contributed by atoms with Crippen LogP contribution in [0.25, 0.3) is 0 Å². The third-order valence-corrected chi connectivity index (χ3v) is 4.44. The summed E-state index contributed by atoms with van der Waals surface area (Å²) in [6.45, 7) is 3.10. The van der Waals surface area contributed by atoms with Gasteiger partial charge in [-0.25, -0.2) is 0 Å². The zero-order valence-electron chi connectivity index (χ0n) is 12.0. The molecule has 1 heterocycles. The quantitative estimate of drug-likeness (QED) is 0.775. The minimum Gasteiger partial charge on any atom is -0.345 e. The molecule has 2 fully saturated rings. The normalized spacial score (nSPS) is 25.5. The highest BCUT2D eigenvalue weighted by molar-refractivity contribution is 5.95. The lowest BCUT2D eigenvalue weighted by molar-refractivity contribution is -0.148. The fraction of sp³-hybridized carbons (Fsp3) is 0.867. The maximum absolute atomic E-state index is 12.2. The van der Waals surface area contributed by atoms with Crippen molar-refractivity contribution in [1.29, 1.82) is 0 Å². The van der Waals surface area contributed by atoms with Gasteiger partial charge in [-0.05, 0) is 25.2 Å². The molecule has 0 aromatic heterocycles. The first-order chi connectivity index (χ1) is 9.24. The van der Waals surface area contributed by atoms with Crippen LogP contribution in [-0.2, 0) is 9.59 Å². The number of hydrogen-bond donors (Lipinski definition) is 1. The van der Waals surface area contributed by atoms with Gasteiger partial charge < -0.3 is 10.2 Å². The zero-order chi connectivity index (χ0) is 13.7. The Hall–Kier alpha value is -1.06. The van der Waals surface area contributed by atoms with Crippen molar-refractivity contribution in [1.82, 2.24) is 10.2 Å². The van der Waals surface area contributed by atoms with E-state index in [2.05, 4.69) is 12.2 Å². The molecule has 0 bridgehead atoms. The van der Waals surface area contributed by atoms with E-state index >= 15 is 0 Å². The molecular weight excluding hydrogens is 240 g/mol. The SMILES string of the molecule is CCCCCN1C(=O)CNC(=O)C1C1CCCCC1. The molecule has 108 valence electrons. The van der Waals surface area contributed by atoms with Crippen molar-refractivity contribution < 1.29 is 9.59 Å². The van der Waals surface area contributed by atoms with Crippen LogP contribution in [0.2, 0.25) is 0 Å². The van der Waals surface area contributed by atoms with Crippen molar-refractivity contribution in [3.63, 3.8) is 0 Å². The van der Waals surface area contributed by atoms with Gasteiger partial charge in [0.15, 0.2) is 0 Å². The van der Waals surface area contributed by atoms with E-state index in [1.807, 2.05) is 4.90 Å². The molecule has 0 aromatic rings. The number of nitrogens with one attached hydrogen (secondary N) is 1. The summed E-state index contributed by atoms with van der Waals surface area (Å²) in [5, 5.41) is 2.77. The van der Waals surface area contributed by atoms with E-state index in [1.165, 1.54) is 19.3 Å². The van der Waals surface area contributed by atoms with E-state index < -0.39 is 0 Å². The highest BCUT2D eigenvalue weighted by Crippen LogP contribution is 2.30. The van der Waals surface area contributed by atoms with Gasteiger partial charge in [-0.3, -0.25) is 9.59 Å². The third-order valence-electron chi connectivity index (χ3n) is 4.44. The summed E-state index contributed by atoms with van der Waals surface area (Å²) in [6.07, 6.45) is 9.14. The highest BCUT2D eigenvalue weighted by Gasteiger charge is 2.39. The first-order valence-electron chi connectivity index (χ1n) is 7.81. The first-order valence-corrected chi connectivity index (χ1v) is 7.81. The van der Waals surface area contributed by atoms with E-state index in [-0.39, 0.29) is 24.4 Å². The molecule has 2 aliphatic rings. The molecule has 4 heteroatoms. The zero-order valence-corrected chi connectivity index (χ0v) is 12.0. The summed E-state index contributed by atoms with van der Waals surface area (Å²) in [5.41, 5.74) is 0. The summed E-state index contributed by atoms with van der Waals surface area (Å²) < 4.78 is 0. The number of unbranched alkanes of at least 4 members (excludes halogenated alkanes) is 2. The fourth-order valence-corrected chi connectivity index (χ4v) is 3.38. The fourth-order valence-electron chi connectivity index (χ4n) is 3.38. The van der Waals surface area contributed by atoms with Gasteiger partial charge in [0, 0.05) is 6.54 Å². The lowest BCUT2D eigenvalue weighted by Crippen LogP contribution is -2.61. The van der Waals surface area contributed by atoms with Gasteiger partial charge in [-0.1, -0.05) is 39.0 Å². The Bertz CT molecular complexity index is 324. The van der Waals surface area contributed by atoms with Gasteiger partial charge in [0.05, 0.1) is 6.54 Å². The Balaban J connectivity index is 2.03.